The Morgan fingerprint density at radius 1 is 1.44 bits per heavy atom. The van der Waals surface area contributed by atoms with E-state index in [4.69, 9.17) is 14.0 Å². The lowest BCUT2D eigenvalue weighted by atomic mass is 10.1. The van der Waals surface area contributed by atoms with Gasteiger partial charge in [0.2, 0.25) is 0 Å². The Labute approximate surface area is 102 Å². The molecule has 86 valence electrons. The molecule has 0 amide bonds. The number of fused-ring (bicyclic) bond motifs is 1. The van der Waals surface area contributed by atoms with Crippen LogP contribution in [0.5, 0.6) is 5.75 Å². The maximum atomic E-state index is 5.37. The number of ether oxygens (including phenoxy) is 1. The van der Waals surface area contributed by atoms with Crippen molar-refractivity contribution < 1.29 is 14.0 Å². The van der Waals surface area contributed by atoms with Crippen LogP contribution in [-0.4, -0.2) is 14.2 Å². The maximum absolute atomic E-state index is 5.37. The predicted octanol–water partition coefficient (Wildman–Crippen LogP) is 2.85. The van der Waals surface area contributed by atoms with Gasteiger partial charge in [0.15, 0.2) is 11.3 Å². The van der Waals surface area contributed by atoms with E-state index in [1.807, 2.05) is 12.1 Å². The van der Waals surface area contributed by atoms with Gasteiger partial charge in [-0.15, -0.1) is 0 Å². The summed E-state index contributed by atoms with van der Waals surface area (Å²) in [7, 11) is 3.21. The number of hydrogen-bond acceptors (Lipinski definition) is 4. The summed E-state index contributed by atoms with van der Waals surface area (Å²) in [4.78, 5) is 4.83. The summed E-state index contributed by atoms with van der Waals surface area (Å²) in [5, 5.41) is 0.993. The molecule has 0 fully saturated rings. The van der Waals surface area contributed by atoms with Crippen molar-refractivity contribution in [3.63, 3.8) is 0 Å². The molecule has 0 aliphatic heterocycles. The second kappa shape index (κ2) is 4.86. The molecule has 2 rings (SSSR count). The minimum absolute atomic E-state index is 0.592. The van der Waals surface area contributed by atoms with Crippen LogP contribution in [0.25, 0.3) is 11.0 Å². The van der Waals surface area contributed by atoms with E-state index in [1.54, 1.807) is 20.5 Å². The van der Waals surface area contributed by atoms with E-state index >= 15 is 0 Å². The molecule has 0 spiro atoms. The zero-order valence-electron chi connectivity index (χ0n) is 9.04. The summed E-state index contributed by atoms with van der Waals surface area (Å²) in [6, 6.07) is 3.82. The Morgan fingerprint density at radius 3 is 2.94 bits per heavy atom. The molecule has 0 aliphatic rings. The van der Waals surface area contributed by atoms with Crippen molar-refractivity contribution in [1.82, 2.24) is 5.48 Å². The monoisotopic (exact) mass is 285 g/mol. The predicted molar refractivity (Wildman–Crippen MR) is 64.3 cm³/mol. The molecule has 16 heavy (non-hydrogen) atoms. The largest absolute Gasteiger partial charge is 0.493 e. The van der Waals surface area contributed by atoms with Gasteiger partial charge < -0.3 is 14.0 Å². The SMILES string of the molecule is CONCc1cc(OC)c2occc2c1Br. The van der Waals surface area contributed by atoms with Crippen LogP contribution in [0.2, 0.25) is 0 Å². The molecular weight excluding hydrogens is 274 g/mol. The van der Waals surface area contributed by atoms with Crippen LogP contribution in [0.4, 0.5) is 0 Å². The summed E-state index contributed by atoms with van der Waals surface area (Å²) < 4.78 is 11.6. The zero-order valence-corrected chi connectivity index (χ0v) is 10.6. The number of hydrogen-bond donors (Lipinski definition) is 1. The van der Waals surface area contributed by atoms with Crippen LogP contribution in [0.1, 0.15) is 5.56 Å². The van der Waals surface area contributed by atoms with Crippen LogP contribution < -0.4 is 10.2 Å². The van der Waals surface area contributed by atoms with Crippen LogP contribution >= 0.6 is 15.9 Å². The molecule has 0 saturated heterocycles. The van der Waals surface area contributed by atoms with Crippen LogP contribution in [0.15, 0.2) is 27.3 Å². The van der Waals surface area contributed by atoms with Gasteiger partial charge in [0, 0.05) is 16.4 Å². The average Bonchev–Trinajstić information content (AvgIpc) is 2.78. The van der Waals surface area contributed by atoms with Gasteiger partial charge in [0.1, 0.15) is 0 Å². The lowest BCUT2D eigenvalue weighted by Gasteiger charge is -2.09. The van der Waals surface area contributed by atoms with Crippen molar-refractivity contribution in [2.75, 3.05) is 14.2 Å². The maximum Gasteiger partial charge on any atom is 0.176 e. The van der Waals surface area contributed by atoms with E-state index in [2.05, 4.69) is 21.4 Å². The van der Waals surface area contributed by atoms with Crippen molar-refractivity contribution >= 4 is 26.9 Å². The van der Waals surface area contributed by atoms with Crippen molar-refractivity contribution in [1.29, 1.82) is 0 Å². The molecule has 5 heteroatoms. The minimum Gasteiger partial charge on any atom is -0.493 e. The second-order valence-corrected chi connectivity index (χ2v) is 4.03. The molecule has 4 nitrogen and oxygen atoms in total. The Kier molecular flexibility index (Phi) is 3.48. The molecule has 1 heterocycles. The summed E-state index contributed by atoms with van der Waals surface area (Å²) >= 11 is 3.54. The smallest absolute Gasteiger partial charge is 0.176 e. The van der Waals surface area contributed by atoms with Gasteiger partial charge in [-0.1, -0.05) is 0 Å². The first-order chi connectivity index (χ1) is 7.77. The molecule has 1 aromatic carbocycles. The van der Waals surface area contributed by atoms with Crippen LogP contribution in [0.3, 0.4) is 0 Å². The third kappa shape index (κ3) is 1.93. The van der Waals surface area contributed by atoms with E-state index in [1.165, 1.54) is 0 Å². The van der Waals surface area contributed by atoms with Gasteiger partial charge in [0.05, 0.1) is 20.5 Å². The standard InChI is InChI=1S/C11H12BrNO3/c1-14-9-5-7(6-13-15-2)10(12)8-3-4-16-11(8)9/h3-5,13H,6H2,1-2H3. The summed E-state index contributed by atoms with van der Waals surface area (Å²) in [6.07, 6.45) is 1.64. The van der Waals surface area contributed by atoms with Crippen LogP contribution in [-0.2, 0) is 11.4 Å². The van der Waals surface area contributed by atoms with E-state index in [0.717, 1.165) is 26.8 Å². The molecule has 2 aromatic rings. The van der Waals surface area contributed by atoms with E-state index in [-0.39, 0.29) is 0 Å². The zero-order chi connectivity index (χ0) is 11.5. The van der Waals surface area contributed by atoms with Crippen molar-refractivity contribution in [2.45, 2.75) is 6.54 Å². The highest BCUT2D eigenvalue weighted by Gasteiger charge is 2.12. The number of furan rings is 1. The number of nitrogens with one attached hydrogen (secondary N) is 1. The highest BCUT2D eigenvalue weighted by atomic mass is 79.9. The van der Waals surface area contributed by atoms with Gasteiger partial charge in [-0.25, -0.2) is 0 Å². The first-order valence-electron chi connectivity index (χ1n) is 4.76. The summed E-state index contributed by atoms with van der Waals surface area (Å²) in [5.74, 6) is 0.719. The molecule has 0 unspecified atom stereocenters. The molecule has 0 saturated carbocycles. The summed E-state index contributed by atoms with van der Waals surface area (Å²) in [6.45, 7) is 0.592. The van der Waals surface area contributed by atoms with Gasteiger partial charge >= 0.3 is 0 Å². The fraction of sp³-hybridized carbons (Fsp3) is 0.273. The summed E-state index contributed by atoms with van der Waals surface area (Å²) in [5.41, 5.74) is 4.59. The Morgan fingerprint density at radius 2 is 2.25 bits per heavy atom. The highest BCUT2D eigenvalue weighted by molar-refractivity contribution is 9.10. The number of methoxy groups -OCH3 is 1. The first kappa shape index (κ1) is 11.4. The van der Waals surface area contributed by atoms with Gasteiger partial charge in [-0.05, 0) is 33.6 Å². The third-order valence-electron chi connectivity index (χ3n) is 2.34. The van der Waals surface area contributed by atoms with Gasteiger partial charge in [-0.2, -0.15) is 5.48 Å². The molecular formula is C11H12BrNO3. The highest BCUT2D eigenvalue weighted by Crippen LogP contribution is 2.35. The van der Waals surface area contributed by atoms with Crippen molar-refractivity contribution in [3.8, 4) is 5.75 Å². The molecule has 0 bridgehead atoms. The number of rotatable bonds is 4. The van der Waals surface area contributed by atoms with E-state index in [9.17, 15) is 0 Å². The normalized spacial score (nSPS) is 10.9. The molecule has 0 atom stereocenters. The number of hydroxylamine groups is 1. The Hall–Kier alpha value is -1.04. The van der Waals surface area contributed by atoms with Crippen molar-refractivity contribution in [3.05, 3.63) is 28.4 Å². The number of benzene rings is 1. The topological polar surface area (TPSA) is 43.6 Å². The van der Waals surface area contributed by atoms with E-state index in [0.29, 0.717) is 6.54 Å². The molecule has 0 radical (unpaired) electrons. The molecule has 1 N–H and O–H groups in total. The Balaban J connectivity index is 2.52. The lowest BCUT2D eigenvalue weighted by Crippen LogP contribution is -2.11. The number of halogens is 1. The lowest BCUT2D eigenvalue weighted by molar-refractivity contribution is 0.0865. The van der Waals surface area contributed by atoms with E-state index < -0.39 is 0 Å². The molecule has 0 aliphatic carbocycles. The average molecular weight is 286 g/mol. The Bertz CT molecular complexity index is 495. The quantitative estimate of drug-likeness (QED) is 0.878. The minimum atomic E-state index is 0.592. The van der Waals surface area contributed by atoms with Crippen molar-refractivity contribution in [2.24, 2.45) is 0 Å². The third-order valence-corrected chi connectivity index (χ3v) is 3.28. The van der Waals surface area contributed by atoms with Gasteiger partial charge in [-0.3, -0.25) is 0 Å². The first-order valence-corrected chi connectivity index (χ1v) is 5.55. The fourth-order valence-electron chi connectivity index (χ4n) is 1.56. The fourth-order valence-corrected chi connectivity index (χ4v) is 2.13. The second-order valence-electron chi connectivity index (χ2n) is 3.24. The van der Waals surface area contributed by atoms with Crippen LogP contribution in [0, 0.1) is 0 Å². The molecule has 1 aromatic heterocycles. The van der Waals surface area contributed by atoms with Gasteiger partial charge in [0.25, 0.3) is 0 Å².